The number of aryl methyl sites for hydroxylation is 1. The van der Waals surface area contributed by atoms with E-state index in [0.717, 1.165) is 5.56 Å². The van der Waals surface area contributed by atoms with Crippen LogP contribution in [0.15, 0.2) is 18.3 Å². The molecule has 1 aliphatic rings. The zero-order valence-electron chi connectivity index (χ0n) is 12.9. The van der Waals surface area contributed by atoms with Crippen LogP contribution in [-0.4, -0.2) is 68.5 Å². The van der Waals surface area contributed by atoms with Gasteiger partial charge in [0.1, 0.15) is 17.9 Å². The van der Waals surface area contributed by atoms with Gasteiger partial charge in [0.2, 0.25) is 0 Å². The highest BCUT2D eigenvalue weighted by molar-refractivity contribution is 5.92. The van der Waals surface area contributed by atoms with E-state index in [1.54, 1.807) is 38.4 Å². The first-order valence-electron chi connectivity index (χ1n) is 6.91. The minimum atomic E-state index is -0.219. The van der Waals surface area contributed by atoms with E-state index in [0.29, 0.717) is 18.9 Å². The Morgan fingerprint density at radius 2 is 2.10 bits per heavy atom. The normalized spacial score (nSPS) is 25.6. The summed E-state index contributed by atoms with van der Waals surface area (Å²) in [5.74, 6) is -0.151. The Balaban J connectivity index is 2.15. The molecule has 1 saturated heterocycles. The topological polar surface area (TPSA) is 60.9 Å². The van der Waals surface area contributed by atoms with Crippen LogP contribution in [0.3, 0.4) is 0 Å². The number of rotatable bonds is 4. The molecule has 116 valence electrons. The van der Waals surface area contributed by atoms with Crippen molar-refractivity contribution in [2.24, 2.45) is 0 Å². The number of ether oxygens (including phenoxy) is 3. The number of pyridine rings is 1. The molecule has 0 radical (unpaired) electrons. The lowest BCUT2D eigenvalue weighted by Gasteiger charge is -2.40. The molecule has 0 aromatic carbocycles. The van der Waals surface area contributed by atoms with Gasteiger partial charge in [0, 0.05) is 27.5 Å². The molecule has 0 bridgehead atoms. The maximum Gasteiger partial charge on any atom is 0.272 e. The summed E-state index contributed by atoms with van der Waals surface area (Å²) in [6.07, 6.45) is 1.28. The Morgan fingerprint density at radius 1 is 1.33 bits per heavy atom. The molecule has 0 spiro atoms. The standard InChI is InChI=1S/C15H22N2O4/c1-10-5-6-11(16-7-10)15(18)17(2)12-8-21-9-13(19-3)14(12)20-4/h5-7,12-14H,8-9H2,1-4H3/t12-,13-,14+/m1/s1. The van der Waals surface area contributed by atoms with Gasteiger partial charge in [0.05, 0.1) is 19.3 Å². The summed E-state index contributed by atoms with van der Waals surface area (Å²) in [5, 5.41) is 0. The number of carbonyl (C=O) groups excluding carboxylic acids is 1. The molecule has 1 fully saturated rings. The molecule has 1 amide bonds. The molecule has 1 aromatic heterocycles. The molecule has 0 N–H and O–H groups in total. The predicted octanol–water partition coefficient (Wildman–Crippen LogP) is 0.891. The fourth-order valence-corrected chi connectivity index (χ4v) is 2.51. The van der Waals surface area contributed by atoms with Gasteiger partial charge in [-0.3, -0.25) is 9.78 Å². The summed E-state index contributed by atoms with van der Waals surface area (Å²) in [6.45, 7) is 2.83. The van der Waals surface area contributed by atoms with Crippen LogP contribution in [0.5, 0.6) is 0 Å². The minimum absolute atomic E-state index is 0.151. The summed E-state index contributed by atoms with van der Waals surface area (Å²) >= 11 is 0. The summed E-state index contributed by atoms with van der Waals surface area (Å²) in [5.41, 5.74) is 1.43. The highest BCUT2D eigenvalue weighted by Gasteiger charge is 2.38. The lowest BCUT2D eigenvalue weighted by molar-refractivity contribution is -0.147. The van der Waals surface area contributed by atoms with Gasteiger partial charge in [-0.15, -0.1) is 0 Å². The molecule has 1 aromatic rings. The maximum absolute atomic E-state index is 12.5. The SMILES string of the molecule is CO[C@H]1[C@H](N(C)C(=O)c2ccc(C)cn2)COC[C@H]1OC. The quantitative estimate of drug-likeness (QED) is 0.825. The number of hydrogen-bond donors (Lipinski definition) is 0. The molecular formula is C15H22N2O4. The van der Waals surface area contributed by atoms with Gasteiger partial charge >= 0.3 is 0 Å². The van der Waals surface area contributed by atoms with Crippen molar-refractivity contribution in [1.29, 1.82) is 0 Å². The highest BCUT2D eigenvalue weighted by Crippen LogP contribution is 2.20. The van der Waals surface area contributed by atoms with Gasteiger partial charge in [-0.25, -0.2) is 0 Å². The van der Waals surface area contributed by atoms with Crippen LogP contribution < -0.4 is 0 Å². The number of nitrogens with zero attached hydrogens (tertiary/aromatic N) is 2. The van der Waals surface area contributed by atoms with Crippen LogP contribution in [0, 0.1) is 6.92 Å². The fourth-order valence-electron chi connectivity index (χ4n) is 2.51. The van der Waals surface area contributed by atoms with Crippen LogP contribution in [0.25, 0.3) is 0 Å². The number of hydrogen-bond acceptors (Lipinski definition) is 5. The number of likely N-dealkylation sites (N-methyl/N-ethyl adjacent to an activating group) is 1. The monoisotopic (exact) mass is 294 g/mol. The van der Waals surface area contributed by atoms with Gasteiger partial charge in [-0.2, -0.15) is 0 Å². The molecule has 2 heterocycles. The van der Waals surface area contributed by atoms with E-state index in [4.69, 9.17) is 14.2 Å². The summed E-state index contributed by atoms with van der Waals surface area (Å²) < 4.78 is 16.4. The number of aromatic nitrogens is 1. The fraction of sp³-hybridized carbons (Fsp3) is 0.600. The van der Waals surface area contributed by atoms with E-state index < -0.39 is 0 Å². The van der Waals surface area contributed by atoms with E-state index in [2.05, 4.69) is 4.98 Å². The summed E-state index contributed by atoms with van der Waals surface area (Å²) in [7, 11) is 4.98. The number of amides is 1. The first-order valence-corrected chi connectivity index (χ1v) is 6.91. The average molecular weight is 294 g/mol. The Morgan fingerprint density at radius 3 is 2.67 bits per heavy atom. The van der Waals surface area contributed by atoms with Gasteiger partial charge in [0.25, 0.3) is 5.91 Å². The molecule has 1 aliphatic heterocycles. The van der Waals surface area contributed by atoms with Crippen molar-refractivity contribution < 1.29 is 19.0 Å². The Bertz CT molecular complexity index is 477. The molecule has 6 heteroatoms. The maximum atomic E-state index is 12.5. The molecule has 0 saturated carbocycles. The Kier molecular flexibility index (Phi) is 5.27. The minimum Gasteiger partial charge on any atom is -0.376 e. The van der Waals surface area contributed by atoms with Crippen LogP contribution in [-0.2, 0) is 14.2 Å². The van der Waals surface area contributed by atoms with E-state index in [-0.39, 0.29) is 24.2 Å². The Labute approximate surface area is 125 Å². The third kappa shape index (κ3) is 3.40. The second kappa shape index (κ2) is 6.98. The van der Waals surface area contributed by atoms with Crippen LogP contribution in [0.4, 0.5) is 0 Å². The smallest absolute Gasteiger partial charge is 0.272 e. The Hall–Kier alpha value is -1.50. The van der Waals surface area contributed by atoms with Gasteiger partial charge in [-0.05, 0) is 18.6 Å². The first-order chi connectivity index (χ1) is 10.1. The van der Waals surface area contributed by atoms with E-state index >= 15 is 0 Å². The molecule has 21 heavy (non-hydrogen) atoms. The number of carbonyl (C=O) groups is 1. The van der Waals surface area contributed by atoms with Crippen molar-refractivity contribution in [3.63, 3.8) is 0 Å². The summed E-state index contributed by atoms with van der Waals surface area (Å²) in [6, 6.07) is 3.40. The zero-order valence-corrected chi connectivity index (χ0v) is 12.9. The predicted molar refractivity (Wildman–Crippen MR) is 77.3 cm³/mol. The zero-order chi connectivity index (χ0) is 15.4. The molecule has 0 unspecified atom stereocenters. The van der Waals surface area contributed by atoms with Crippen LogP contribution in [0.2, 0.25) is 0 Å². The van der Waals surface area contributed by atoms with Gasteiger partial charge in [-0.1, -0.05) is 6.07 Å². The van der Waals surface area contributed by atoms with Crippen LogP contribution >= 0.6 is 0 Å². The number of methoxy groups -OCH3 is 2. The summed E-state index contributed by atoms with van der Waals surface area (Å²) in [4.78, 5) is 18.3. The van der Waals surface area contributed by atoms with Crippen molar-refractivity contribution in [1.82, 2.24) is 9.88 Å². The first kappa shape index (κ1) is 15.9. The third-order valence-electron chi connectivity index (χ3n) is 3.84. The lowest BCUT2D eigenvalue weighted by Crippen LogP contribution is -2.57. The second-order valence-corrected chi connectivity index (χ2v) is 5.22. The van der Waals surface area contributed by atoms with Crippen molar-refractivity contribution in [3.8, 4) is 0 Å². The molecular weight excluding hydrogens is 272 g/mol. The molecule has 6 nitrogen and oxygen atoms in total. The largest absolute Gasteiger partial charge is 0.376 e. The average Bonchev–Trinajstić information content (AvgIpc) is 2.53. The van der Waals surface area contributed by atoms with Crippen molar-refractivity contribution >= 4 is 5.91 Å². The van der Waals surface area contributed by atoms with Crippen molar-refractivity contribution in [2.75, 3.05) is 34.5 Å². The third-order valence-corrected chi connectivity index (χ3v) is 3.84. The molecule has 3 atom stereocenters. The van der Waals surface area contributed by atoms with Crippen LogP contribution in [0.1, 0.15) is 16.1 Å². The second-order valence-electron chi connectivity index (χ2n) is 5.22. The van der Waals surface area contributed by atoms with E-state index in [9.17, 15) is 4.79 Å². The lowest BCUT2D eigenvalue weighted by atomic mass is 10.0. The van der Waals surface area contributed by atoms with Gasteiger partial charge in [0.15, 0.2) is 0 Å². The van der Waals surface area contributed by atoms with Gasteiger partial charge < -0.3 is 19.1 Å². The van der Waals surface area contributed by atoms with E-state index in [1.165, 1.54) is 0 Å². The molecule has 2 rings (SSSR count). The van der Waals surface area contributed by atoms with E-state index in [1.807, 2.05) is 13.0 Å². The highest BCUT2D eigenvalue weighted by atomic mass is 16.6. The van der Waals surface area contributed by atoms with Crippen molar-refractivity contribution in [2.45, 2.75) is 25.2 Å². The van der Waals surface area contributed by atoms with Crippen molar-refractivity contribution in [3.05, 3.63) is 29.6 Å². The molecule has 0 aliphatic carbocycles.